The fourth-order valence-corrected chi connectivity index (χ4v) is 2.85. The fraction of sp³-hybridized carbons (Fsp3) is 0.375. The number of nitrogens with one attached hydrogen (secondary N) is 2. The minimum atomic E-state index is -0.449. The average molecular weight is 416 g/mol. The Kier molecular flexibility index (Phi) is 6.16. The lowest BCUT2D eigenvalue weighted by Gasteiger charge is -2.20. The van der Waals surface area contributed by atoms with Gasteiger partial charge < -0.3 is 5.32 Å². The number of hydrogen-bond donors (Lipinski definition) is 2. The van der Waals surface area contributed by atoms with Crippen LogP contribution in [-0.2, 0) is 16.1 Å². The zero-order chi connectivity index (χ0) is 20.9. The maximum absolute atomic E-state index is 12.3. The van der Waals surface area contributed by atoms with Gasteiger partial charge in [-0.05, 0) is 36.4 Å². The summed E-state index contributed by atoms with van der Waals surface area (Å²) in [5, 5.41) is 26.1. The molecule has 3 rings (SSSR count). The van der Waals surface area contributed by atoms with Crippen LogP contribution in [0.25, 0.3) is 11.4 Å². The summed E-state index contributed by atoms with van der Waals surface area (Å²) in [4.78, 5) is 26.5. The van der Waals surface area contributed by atoms with Gasteiger partial charge in [-0.1, -0.05) is 47.2 Å². The number of carbonyl (C=O) groups excluding carboxylic acids is 2. The quantitative estimate of drug-likeness (QED) is 0.512. The number of tetrazole rings is 2. The van der Waals surface area contributed by atoms with Crippen LogP contribution >= 0.6 is 11.8 Å². The van der Waals surface area contributed by atoms with E-state index in [0.717, 1.165) is 22.1 Å². The number of hydrogen-bond acceptors (Lipinski definition) is 9. The van der Waals surface area contributed by atoms with Gasteiger partial charge in [0.2, 0.25) is 16.9 Å². The standard InChI is InChI=1S/C16H20N10O2S/c1-16(2,3)17-13(28)10-29-15-19-22-24-26(15)20-12(27)9-25-21-14(18-23-25)11-7-5-4-6-8-11/h4-8H,9-10H2,1-3H3,(H,17,28)(H,20,27). The van der Waals surface area contributed by atoms with E-state index >= 15 is 0 Å². The van der Waals surface area contributed by atoms with E-state index in [9.17, 15) is 9.59 Å². The van der Waals surface area contributed by atoms with Crippen LogP contribution in [0.1, 0.15) is 20.8 Å². The minimum absolute atomic E-state index is 0.110. The second kappa shape index (κ2) is 8.77. The molecule has 13 heteroatoms. The van der Waals surface area contributed by atoms with E-state index in [2.05, 4.69) is 41.7 Å². The molecule has 3 aromatic rings. The van der Waals surface area contributed by atoms with E-state index in [1.807, 2.05) is 51.1 Å². The molecule has 0 aliphatic rings. The van der Waals surface area contributed by atoms with E-state index < -0.39 is 5.91 Å². The van der Waals surface area contributed by atoms with Gasteiger partial charge in [0.1, 0.15) is 6.54 Å². The molecule has 0 fully saturated rings. The third-order valence-electron chi connectivity index (χ3n) is 3.29. The molecule has 0 atom stereocenters. The topological polar surface area (TPSA) is 145 Å². The van der Waals surface area contributed by atoms with Gasteiger partial charge in [0.05, 0.1) is 5.75 Å². The van der Waals surface area contributed by atoms with Crippen LogP contribution in [0, 0.1) is 0 Å². The summed E-state index contributed by atoms with van der Waals surface area (Å²) < 4.78 is 0. The van der Waals surface area contributed by atoms with Crippen molar-refractivity contribution in [1.82, 2.24) is 45.8 Å². The van der Waals surface area contributed by atoms with Crippen LogP contribution in [0.5, 0.6) is 0 Å². The molecule has 2 N–H and O–H groups in total. The summed E-state index contributed by atoms with van der Waals surface area (Å²) in [5.74, 6) is -0.0839. The maximum atomic E-state index is 12.3. The number of amides is 2. The Morgan fingerprint density at radius 1 is 1.07 bits per heavy atom. The maximum Gasteiger partial charge on any atom is 0.263 e. The van der Waals surface area contributed by atoms with Crippen LogP contribution in [0.2, 0.25) is 0 Å². The van der Waals surface area contributed by atoms with Gasteiger partial charge >= 0.3 is 0 Å². The van der Waals surface area contributed by atoms with E-state index in [4.69, 9.17) is 0 Å². The molecule has 0 aliphatic heterocycles. The number of thioether (sulfide) groups is 1. The lowest BCUT2D eigenvalue weighted by Crippen LogP contribution is -2.41. The summed E-state index contributed by atoms with van der Waals surface area (Å²) in [6.45, 7) is 5.50. The first kappa shape index (κ1) is 20.4. The molecule has 2 aromatic heterocycles. The van der Waals surface area contributed by atoms with E-state index in [-0.39, 0.29) is 28.9 Å². The van der Waals surface area contributed by atoms with Gasteiger partial charge in [-0.15, -0.1) is 15.0 Å². The Balaban J connectivity index is 1.55. The molecule has 0 bridgehead atoms. The Hall–Kier alpha value is -3.35. The molecule has 0 aliphatic carbocycles. The normalized spacial score (nSPS) is 11.3. The molecule has 0 spiro atoms. The van der Waals surface area contributed by atoms with Crippen molar-refractivity contribution >= 4 is 23.6 Å². The second-order valence-corrected chi connectivity index (χ2v) is 7.95. The van der Waals surface area contributed by atoms with Crippen molar-refractivity contribution in [1.29, 1.82) is 0 Å². The molecule has 152 valence electrons. The number of nitrogens with zero attached hydrogens (tertiary/aromatic N) is 8. The van der Waals surface area contributed by atoms with Gasteiger partial charge in [-0.3, -0.25) is 9.59 Å². The fourth-order valence-electron chi connectivity index (χ4n) is 2.22. The SMILES string of the molecule is CC(C)(C)NC(=O)CSc1nnnn1NC(=O)Cn1nnc(-c2ccccc2)n1. The first-order valence-electron chi connectivity index (χ1n) is 8.65. The Morgan fingerprint density at radius 3 is 2.55 bits per heavy atom. The monoisotopic (exact) mass is 416 g/mol. The van der Waals surface area contributed by atoms with Gasteiger partial charge in [-0.2, -0.15) is 4.80 Å². The smallest absolute Gasteiger partial charge is 0.263 e. The highest BCUT2D eigenvalue weighted by atomic mass is 32.2. The number of aromatic nitrogens is 8. The third-order valence-corrected chi connectivity index (χ3v) is 4.21. The summed E-state index contributed by atoms with van der Waals surface area (Å²) in [7, 11) is 0. The van der Waals surface area contributed by atoms with Gasteiger partial charge in [0.15, 0.2) is 0 Å². The summed E-state index contributed by atoms with van der Waals surface area (Å²) >= 11 is 1.10. The molecular formula is C16H20N10O2S. The Morgan fingerprint density at radius 2 is 1.83 bits per heavy atom. The molecule has 0 unspecified atom stereocenters. The minimum Gasteiger partial charge on any atom is -0.351 e. The molecule has 0 saturated heterocycles. The van der Waals surface area contributed by atoms with Crippen molar-refractivity contribution in [2.45, 2.75) is 38.0 Å². The first-order valence-corrected chi connectivity index (χ1v) is 9.64. The van der Waals surface area contributed by atoms with Gasteiger partial charge in [-0.25, -0.2) is 5.43 Å². The van der Waals surface area contributed by atoms with Crippen molar-refractivity contribution < 1.29 is 9.59 Å². The van der Waals surface area contributed by atoms with Gasteiger partial charge in [0.25, 0.3) is 5.91 Å². The highest BCUT2D eigenvalue weighted by Gasteiger charge is 2.17. The van der Waals surface area contributed by atoms with Crippen molar-refractivity contribution in [2.24, 2.45) is 0 Å². The van der Waals surface area contributed by atoms with E-state index in [0.29, 0.717) is 5.82 Å². The first-order chi connectivity index (χ1) is 13.8. The van der Waals surface area contributed by atoms with Crippen molar-refractivity contribution in [3.8, 4) is 11.4 Å². The highest BCUT2D eigenvalue weighted by Crippen LogP contribution is 2.13. The Bertz CT molecular complexity index is 979. The van der Waals surface area contributed by atoms with Gasteiger partial charge in [0, 0.05) is 11.1 Å². The molecule has 29 heavy (non-hydrogen) atoms. The molecule has 0 radical (unpaired) electrons. The number of benzene rings is 1. The van der Waals surface area contributed by atoms with Crippen LogP contribution in [-0.4, -0.2) is 63.6 Å². The Labute approximate surface area is 170 Å². The van der Waals surface area contributed by atoms with Crippen molar-refractivity contribution in [3.05, 3.63) is 30.3 Å². The van der Waals surface area contributed by atoms with E-state index in [1.54, 1.807) is 0 Å². The average Bonchev–Trinajstić information content (AvgIpc) is 3.29. The molecule has 1 aromatic carbocycles. The second-order valence-electron chi connectivity index (χ2n) is 7.00. The predicted molar refractivity (Wildman–Crippen MR) is 104 cm³/mol. The van der Waals surface area contributed by atoms with Crippen molar-refractivity contribution in [3.63, 3.8) is 0 Å². The highest BCUT2D eigenvalue weighted by molar-refractivity contribution is 7.99. The molecule has 12 nitrogen and oxygen atoms in total. The molecular weight excluding hydrogens is 396 g/mol. The van der Waals surface area contributed by atoms with Crippen LogP contribution < -0.4 is 10.7 Å². The third kappa shape index (κ3) is 6.07. The largest absolute Gasteiger partial charge is 0.351 e. The zero-order valence-electron chi connectivity index (χ0n) is 16.1. The lowest BCUT2D eigenvalue weighted by atomic mass is 10.1. The number of rotatable bonds is 7. The summed E-state index contributed by atoms with van der Waals surface area (Å²) in [5.41, 5.74) is 2.99. The van der Waals surface area contributed by atoms with Crippen molar-refractivity contribution in [2.75, 3.05) is 11.2 Å². The molecule has 2 amide bonds. The zero-order valence-corrected chi connectivity index (χ0v) is 16.9. The summed E-state index contributed by atoms with van der Waals surface area (Å²) in [6, 6.07) is 9.31. The van der Waals surface area contributed by atoms with Crippen LogP contribution in [0.3, 0.4) is 0 Å². The van der Waals surface area contributed by atoms with Crippen LogP contribution in [0.15, 0.2) is 35.5 Å². The lowest BCUT2D eigenvalue weighted by molar-refractivity contribution is -0.120. The molecule has 0 saturated carbocycles. The van der Waals surface area contributed by atoms with E-state index in [1.165, 1.54) is 4.80 Å². The summed E-state index contributed by atoms with van der Waals surface area (Å²) in [6.07, 6.45) is 0. The number of carbonyl (C=O) groups is 2. The van der Waals surface area contributed by atoms with Crippen LogP contribution in [0.4, 0.5) is 0 Å². The molecule has 2 heterocycles. The predicted octanol–water partition coefficient (Wildman–Crippen LogP) is 0.104.